The molecule has 2 unspecified atom stereocenters. The Bertz CT molecular complexity index is 804. The minimum absolute atomic E-state index is 0.136. The van der Waals surface area contributed by atoms with Gasteiger partial charge in [-0.05, 0) is 25.5 Å². The maximum Gasteiger partial charge on any atom is 0.245 e. The van der Waals surface area contributed by atoms with E-state index < -0.39 is 18.0 Å². The largest absolute Gasteiger partial charge is 0.488 e. The molecule has 0 saturated carbocycles. The normalized spacial score (nSPS) is 17.9. The zero-order valence-corrected chi connectivity index (χ0v) is 23.0. The van der Waals surface area contributed by atoms with Crippen LogP contribution in [0.15, 0.2) is 24.5 Å². The van der Waals surface area contributed by atoms with E-state index in [1.54, 1.807) is 31.5 Å². The molecule has 1 aliphatic rings. The summed E-state index contributed by atoms with van der Waals surface area (Å²) in [5, 5.41) is 2.79. The third-order valence-corrected chi connectivity index (χ3v) is 7.08. The quantitative estimate of drug-likeness (QED) is 0.254. The van der Waals surface area contributed by atoms with Crippen molar-refractivity contribution in [2.75, 3.05) is 6.54 Å². The van der Waals surface area contributed by atoms with E-state index in [0.29, 0.717) is 18.6 Å². The molecule has 3 atom stereocenters. The average molecular weight is 517 g/mol. The number of hydrogen-bond donors (Lipinski definition) is 2. The molecule has 208 valence electrons. The first-order valence-corrected chi connectivity index (χ1v) is 14.4. The van der Waals surface area contributed by atoms with Crippen LogP contribution < -0.4 is 15.8 Å². The molecular weight excluding hydrogens is 468 g/mol. The van der Waals surface area contributed by atoms with Gasteiger partial charge < -0.3 is 20.7 Å². The van der Waals surface area contributed by atoms with Gasteiger partial charge in [0, 0.05) is 25.2 Å². The van der Waals surface area contributed by atoms with Crippen molar-refractivity contribution >= 4 is 17.7 Å². The van der Waals surface area contributed by atoms with Gasteiger partial charge in [-0.1, -0.05) is 84.0 Å². The third-order valence-electron chi connectivity index (χ3n) is 7.08. The Kier molecular flexibility index (Phi) is 14.7. The predicted octanol–water partition coefficient (Wildman–Crippen LogP) is 4.90. The van der Waals surface area contributed by atoms with Crippen LogP contribution in [0.4, 0.5) is 0 Å². The first-order chi connectivity index (χ1) is 17.9. The maximum absolute atomic E-state index is 13.0. The highest BCUT2D eigenvalue weighted by atomic mass is 16.5. The Morgan fingerprint density at radius 3 is 2.05 bits per heavy atom. The first kappa shape index (κ1) is 30.6. The molecule has 3 amide bonds. The molecule has 0 aromatic carbocycles. The summed E-state index contributed by atoms with van der Waals surface area (Å²) in [7, 11) is 0. The van der Waals surface area contributed by atoms with E-state index in [9.17, 15) is 14.4 Å². The summed E-state index contributed by atoms with van der Waals surface area (Å²) < 4.78 is 5.90. The van der Waals surface area contributed by atoms with Crippen LogP contribution in [0.1, 0.15) is 110 Å². The first-order valence-electron chi connectivity index (χ1n) is 14.4. The Labute approximate surface area is 223 Å². The SMILES string of the molecule is CCCCCCCCCCCCCCCC(=O)N[C@@H](C)C(=O)N1CC(Oc2ccncc2)CC1C(N)=O. The topological polar surface area (TPSA) is 115 Å². The van der Waals surface area contributed by atoms with E-state index >= 15 is 0 Å². The van der Waals surface area contributed by atoms with Crippen LogP contribution in [0, 0.1) is 0 Å². The second kappa shape index (κ2) is 17.8. The molecule has 0 bridgehead atoms. The van der Waals surface area contributed by atoms with Crippen LogP contribution in [0.2, 0.25) is 0 Å². The number of nitrogens with one attached hydrogen (secondary N) is 1. The highest BCUT2D eigenvalue weighted by Crippen LogP contribution is 2.23. The van der Waals surface area contributed by atoms with Gasteiger partial charge in [0.05, 0.1) is 6.54 Å². The van der Waals surface area contributed by atoms with Gasteiger partial charge >= 0.3 is 0 Å². The van der Waals surface area contributed by atoms with Crippen LogP contribution in [-0.4, -0.2) is 52.3 Å². The van der Waals surface area contributed by atoms with Gasteiger partial charge in [-0.3, -0.25) is 19.4 Å². The van der Waals surface area contributed by atoms with Crippen molar-refractivity contribution in [1.82, 2.24) is 15.2 Å². The van der Waals surface area contributed by atoms with E-state index in [2.05, 4.69) is 17.2 Å². The molecule has 1 aromatic heterocycles. The number of primary amides is 1. The van der Waals surface area contributed by atoms with Crippen molar-refractivity contribution < 1.29 is 19.1 Å². The molecule has 1 saturated heterocycles. The lowest BCUT2D eigenvalue weighted by Crippen LogP contribution is -2.51. The maximum atomic E-state index is 13.0. The fourth-order valence-corrected chi connectivity index (χ4v) is 4.93. The van der Waals surface area contributed by atoms with E-state index in [1.165, 1.54) is 69.1 Å². The molecule has 1 aliphatic heterocycles. The van der Waals surface area contributed by atoms with E-state index in [-0.39, 0.29) is 24.5 Å². The lowest BCUT2D eigenvalue weighted by Gasteiger charge is -2.25. The number of aromatic nitrogens is 1. The average Bonchev–Trinajstić information content (AvgIpc) is 3.31. The number of rotatable bonds is 19. The molecule has 3 N–H and O–H groups in total. The van der Waals surface area contributed by atoms with Crippen LogP contribution in [0.25, 0.3) is 0 Å². The molecule has 8 heteroatoms. The highest BCUT2D eigenvalue weighted by Gasteiger charge is 2.41. The van der Waals surface area contributed by atoms with Crippen molar-refractivity contribution in [3.63, 3.8) is 0 Å². The standard InChI is InChI=1S/C29H48N4O4/c1-3-4-5-6-7-8-9-10-11-12-13-14-15-16-27(34)32-23(2)29(36)33-22-25(21-26(33)28(30)35)37-24-17-19-31-20-18-24/h17-20,23,25-26H,3-16,21-22H2,1-2H3,(H2,30,35)(H,32,34)/t23-,25?,26?/m0/s1. The minimum atomic E-state index is -0.750. The van der Waals surface area contributed by atoms with Crippen LogP contribution in [0.5, 0.6) is 5.75 Å². The summed E-state index contributed by atoms with van der Waals surface area (Å²) in [5.74, 6) is -0.400. The molecule has 0 radical (unpaired) electrons. The van der Waals surface area contributed by atoms with Crippen LogP contribution in [-0.2, 0) is 14.4 Å². The Balaban J connectivity index is 1.59. The Morgan fingerprint density at radius 2 is 1.51 bits per heavy atom. The number of carbonyl (C=O) groups excluding carboxylic acids is 3. The van der Waals surface area contributed by atoms with Crippen LogP contribution in [0.3, 0.4) is 0 Å². The van der Waals surface area contributed by atoms with Gasteiger partial charge in [0.15, 0.2) is 0 Å². The number of carbonyl (C=O) groups is 3. The zero-order chi connectivity index (χ0) is 26.9. The summed E-state index contributed by atoms with van der Waals surface area (Å²) in [6.07, 6.45) is 19.9. The van der Waals surface area contributed by atoms with Gasteiger partial charge in [0.1, 0.15) is 23.9 Å². The number of hydrogen-bond acceptors (Lipinski definition) is 5. The van der Waals surface area contributed by atoms with Crippen molar-refractivity contribution in [3.8, 4) is 5.75 Å². The van der Waals surface area contributed by atoms with Gasteiger partial charge in [0.2, 0.25) is 17.7 Å². The van der Waals surface area contributed by atoms with Gasteiger partial charge in [-0.25, -0.2) is 0 Å². The lowest BCUT2D eigenvalue weighted by atomic mass is 10.0. The second-order valence-corrected chi connectivity index (χ2v) is 10.3. The number of likely N-dealkylation sites (tertiary alicyclic amines) is 1. The Hall–Kier alpha value is -2.64. The Morgan fingerprint density at radius 1 is 0.973 bits per heavy atom. The zero-order valence-electron chi connectivity index (χ0n) is 23.0. The molecule has 1 fully saturated rings. The van der Waals surface area contributed by atoms with Crippen molar-refractivity contribution in [3.05, 3.63) is 24.5 Å². The highest BCUT2D eigenvalue weighted by molar-refractivity contribution is 5.92. The van der Waals surface area contributed by atoms with Crippen molar-refractivity contribution in [2.45, 2.75) is 128 Å². The summed E-state index contributed by atoms with van der Waals surface area (Å²) in [6, 6.07) is 1.97. The van der Waals surface area contributed by atoms with Crippen molar-refractivity contribution in [1.29, 1.82) is 0 Å². The summed E-state index contributed by atoms with van der Waals surface area (Å²) in [5.41, 5.74) is 5.56. The molecule has 0 spiro atoms. The van der Waals surface area contributed by atoms with E-state index in [1.807, 2.05) is 0 Å². The molecule has 8 nitrogen and oxygen atoms in total. The smallest absolute Gasteiger partial charge is 0.245 e. The van der Waals surface area contributed by atoms with Crippen LogP contribution >= 0.6 is 0 Å². The lowest BCUT2D eigenvalue weighted by molar-refractivity contribution is -0.140. The fourth-order valence-electron chi connectivity index (χ4n) is 4.93. The van der Waals surface area contributed by atoms with E-state index in [0.717, 1.165) is 19.3 Å². The third kappa shape index (κ3) is 12.0. The number of nitrogens with zero attached hydrogens (tertiary/aromatic N) is 2. The summed E-state index contributed by atoms with van der Waals surface area (Å²) >= 11 is 0. The monoisotopic (exact) mass is 516 g/mol. The minimum Gasteiger partial charge on any atom is -0.488 e. The predicted molar refractivity (Wildman–Crippen MR) is 146 cm³/mol. The van der Waals surface area contributed by atoms with Gasteiger partial charge in [-0.15, -0.1) is 0 Å². The molecular formula is C29H48N4O4. The number of ether oxygens (including phenoxy) is 1. The molecule has 2 heterocycles. The number of nitrogens with two attached hydrogens (primary N) is 1. The fraction of sp³-hybridized carbons (Fsp3) is 0.724. The van der Waals surface area contributed by atoms with Gasteiger partial charge in [-0.2, -0.15) is 0 Å². The molecule has 2 rings (SSSR count). The number of pyridine rings is 1. The summed E-state index contributed by atoms with van der Waals surface area (Å²) in [6.45, 7) is 4.15. The van der Waals surface area contributed by atoms with Crippen molar-refractivity contribution in [2.24, 2.45) is 5.73 Å². The van der Waals surface area contributed by atoms with Gasteiger partial charge in [0.25, 0.3) is 0 Å². The molecule has 1 aromatic rings. The van der Waals surface area contributed by atoms with E-state index in [4.69, 9.17) is 10.5 Å². The number of unbranched alkanes of at least 4 members (excludes halogenated alkanes) is 12. The molecule has 0 aliphatic carbocycles. The second-order valence-electron chi connectivity index (χ2n) is 10.3. The number of amides is 3. The summed E-state index contributed by atoms with van der Waals surface area (Å²) in [4.78, 5) is 42.8. The molecule has 37 heavy (non-hydrogen) atoms.